The smallest absolute Gasteiger partial charge is 0.466 e. The van der Waals surface area contributed by atoms with Gasteiger partial charge in [0.15, 0.2) is 0 Å². The van der Waals surface area contributed by atoms with Crippen LogP contribution >= 0.6 is 0 Å². The second-order valence-corrected chi connectivity index (χ2v) is 5.21. The van der Waals surface area contributed by atoms with Gasteiger partial charge in [0.05, 0.1) is 13.2 Å². The topological polar surface area (TPSA) is 134 Å². The van der Waals surface area contributed by atoms with Crippen LogP contribution in [0.15, 0.2) is 0 Å². The van der Waals surface area contributed by atoms with Gasteiger partial charge in [-0.05, 0) is 33.6 Å². The second-order valence-electron chi connectivity index (χ2n) is 5.21. The van der Waals surface area contributed by atoms with Crippen molar-refractivity contribution in [1.29, 1.82) is 0 Å². The number of hydrogen-bond donors (Lipinski definition) is 4. The second kappa shape index (κ2) is 26.7. The summed E-state index contributed by atoms with van der Waals surface area (Å²) in [7, 11) is 0. The molecule has 0 bridgehead atoms. The van der Waals surface area contributed by atoms with E-state index in [2.05, 4.69) is 23.3 Å². The molecule has 0 amide bonds. The van der Waals surface area contributed by atoms with Crippen molar-refractivity contribution >= 4 is 11.9 Å². The predicted molar refractivity (Wildman–Crippen MR) is 95.3 cm³/mol. The molecule has 0 heterocycles. The number of aliphatic hydroxyl groups excluding tert-OH is 4. The minimum absolute atomic E-state index is 0. The Balaban J connectivity index is -0.0000000773. The Morgan fingerprint density at radius 2 is 1.04 bits per heavy atom. The molecule has 2 atom stereocenters. The molecule has 26 heavy (non-hydrogen) atoms. The van der Waals surface area contributed by atoms with Gasteiger partial charge in [0.1, 0.15) is 0 Å². The van der Waals surface area contributed by atoms with Gasteiger partial charge in [-0.15, -0.1) is 0 Å². The maximum atomic E-state index is 10.2. The zero-order valence-electron chi connectivity index (χ0n) is 16.8. The molecule has 156 valence electrons. The van der Waals surface area contributed by atoms with Gasteiger partial charge in [-0.1, -0.05) is 13.8 Å². The fourth-order valence-corrected chi connectivity index (χ4v) is 0.477. The molecule has 0 radical (unpaired) electrons. The quantitative estimate of drug-likeness (QED) is 0.289. The summed E-state index contributed by atoms with van der Waals surface area (Å²) in [6, 6.07) is 0. The van der Waals surface area contributed by atoms with E-state index in [0.29, 0.717) is 12.5 Å². The molecule has 0 aromatic heterocycles. The first kappa shape index (κ1) is 36.4. The van der Waals surface area contributed by atoms with E-state index >= 15 is 0 Å². The third-order valence-corrected chi connectivity index (χ3v) is 1.48. The monoisotopic (exact) mass is 416 g/mol. The molecule has 0 aromatic rings. The summed E-state index contributed by atoms with van der Waals surface area (Å²) >= 11 is 0. The van der Waals surface area contributed by atoms with Gasteiger partial charge in [-0.25, -0.2) is 0 Å². The zero-order valence-corrected chi connectivity index (χ0v) is 18.3. The molecule has 0 aliphatic heterocycles. The van der Waals surface area contributed by atoms with E-state index in [1.165, 1.54) is 0 Å². The van der Waals surface area contributed by atoms with E-state index in [9.17, 15) is 9.59 Å². The molecule has 4 N–H and O–H groups in total. The molecular weight excluding hydrogens is 380 g/mol. The first-order chi connectivity index (χ1) is 11.4. The molecule has 0 saturated carbocycles. The molecule has 0 aliphatic rings. The van der Waals surface area contributed by atoms with Crippen LogP contribution in [0.25, 0.3) is 0 Å². The SMILES string of the molecule is CC(C)CO.CC(C)O.[CH2-]C(O)C(=O)OCC.[CH2-]C(O)C(=O)OCC.[Ti+2]. The van der Waals surface area contributed by atoms with Gasteiger partial charge in [-0.3, -0.25) is 9.59 Å². The average molecular weight is 416 g/mol. The van der Waals surface area contributed by atoms with Gasteiger partial charge in [0.25, 0.3) is 0 Å². The molecule has 0 aliphatic carbocycles. The number of aliphatic hydroxyl groups is 4. The third-order valence-electron chi connectivity index (χ3n) is 1.48. The van der Waals surface area contributed by atoms with Gasteiger partial charge in [0.2, 0.25) is 0 Å². The van der Waals surface area contributed by atoms with Crippen LogP contribution in [-0.4, -0.2) is 70.5 Å². The summed E-state index contributed by atoms with van der Waals surface area (Å²) in [5, 5.41) is 32.9. The van der Waals surface area contributed by atoms with Crippen molar-refractivity contribution in [3.63, 3.8) is 0 Å². The molecule has 0 spiro atoms. The maximum Gasteiger partial charge on any atom is 2.00 e. The normalized spacial score (nSPS) is 11.2. The first-order valence-corrected chi connectivity index (χ1v) is 8.01. The largest absolute Gasteiger partial charge is 2.00 e. The Morgan fingerprint density at radius 3 is 1.08 bits per heavy atom. The molecule has 0 fully saturated rings. The van der Waals surface area contributed by atoms with E-state index < -0.39 is 24.1 Å². The predicted octanol–water partition coefficient (Wildman–Crippen LogP) is 0.508. The number of hydrogen-bond acceptors (Lipinski definition) is 8. The summed E-state index contributed by atoms with van der Waals surface area (Å²) in [5.74, 6) is -0.907. The number of carbonyl (C=O) groups is 2. The maximum absolute atomic E-state index is 10.2. The number of rotatable bonds is 5. The van der Waals surface area contributed by atoms with Crippen LogP contribution in [0.5, 0.6) is 0 Å². The fourth-order valence-electron chi connectivity index (χ4n) is 0.477. The van der Waals surface area contributed by atoms with Crippen molar-refractivity contribution < 1.29 is 61.2 Å². The van der Waals surface area contributed by atoms with Crippen LogP contribution in [0.2, 0.25) is 0 Å². The number of carbonyl (C=O) groups excluding carboxylic acids is 2. The molecular formula is C17H36O8Ti. The summed E-state index contributed by atoms with van der Waals surface area (Å²) < 4.78 is 8.70. The third kappa shape index (κ3) is 49.5. The van der Waals surface area contributed by atoms with Crippen LogP contribution in [-0.2, 0) is 40.8 Å². The minimum Gasteiger partial charge on any atom is -0.466 e. The molecule has 8 nitrogen and oxygen atoms in total. The van der Waals surface area contributed by atoms with Crippen molar-refractivity contribution in [3.8, 4) is 0 Å². The molecule has 9 heteroatoms. The fraction of sp³-hybridized carbons (Fsp3) is 0.765. The zero-order chi connectivity index (χ0) is 21.0. The van der Waals surface area contributed by atoms with Gasteiger partial charge in [-0.2, -0.15) is 0 Å². The van der Waals surface area contributed by atoms with Crippen LogP contribution in [0.3, 0.4) is 0 Å². The summed E-state index contributed by atoms with van der Waals surface area (Å²) in [5.41, 5.74) is 0. The molecule has 0 saturated heterocycles. The Hall–Kier alpha value is -0.506. The molecule has 0 aromatic carbocycles. The van der Waals surface area contributed by atoms with E-state index in [0.717, 1.165) is 0 Å². The number of esters is 2. The standard InChI is InChI=1S/2C5H9O3.C4H10O.C3H8O.Ti/c2*1-3-8-5(7)4(2)6;1-4(2)3-5;1-3(2)4;/h2*4,6H,2-3H2,1H3;4-5H,3H2,1-2H3;3-4H,1-2H3;/q2*-1;;;+2. The van der Waals surface area contributed by atoms with Crippen molar-refractivity contribution in [2.75, 3.05) is 19.8 Å². The van der Waals surface area contributed by atoms with Crippen LogP contribution in [0.4, 0.5) is 0 Å². The van der Waals surface area contributed by atoms with Crippen molar-refractivity contribution in [2.24, 2.45) is 5.92 Å². The Bertz CT molecular complexity index is 270. The van der Waals surface area contributed by atoms with Crippen LogP contribution in [0, 0.1) is 19.8 Å². The van der Waals surface area contributed by atoms with E-state index in [1.54, 1.807) is 27.7 Å². The van der Waals surface area contributed by atoms with Crippen molar-refractivity contribution in [2.45, 2.75) is 59.9 Å². The first-order valence-electron chi connectivity index (χ1n) is 8.01. The summed E-state index contributed by atoms with van der Waals surface area (Å²) in [6.07, 6.45) is -2.65. The van der Waals surface area contributed by atoms with Gasteiger partial charge < -0.3 is 43.7 Å². The average Bonchev–Trinajstić information content (AvgIpc) is 2.48. The van der Waals surface area contributed by atoms with Crippen molar-refractivity contribution in [3.05, 3.63) is 13.8 Å². The van der Waals surface area contributed by atoms with Gasteiger partial charge in [0, 0.05) is 24.9 Å². The summed E-state index contributed by atoms with van der Waals surface area (Å²) in [6.45, 7) is 17.7. The number of ether oxygens (including phenoxy) is 2. The molecule has 0 rings (SSSR count). The molecule has 2 unspecified atom stereocenters. The van der Waals surface area contributed by atoms with E-state index in [4.69, 9.17) is 20.4 Å². The Morgan fingerprint density at radius 1 is 0.846 bits per heavy atom. The van der Waals surface area contributed by atoms with Crippen LogP contribution < -0.4 is 0 Å². The van der Waals surface area contributed by atoms with Crippen LogP contribution in [0.1, 0.15) is 41.5 Å². The summed E-state index contributed by atoms with van der Waals surface area (Å²) in [4.78, 5) is 20.4. The Kier molecular flexibility index (Phi) is 37.4. The van der Waals surface area contributed by atoms with Gasteiger partial charge >= 0.3 is 33.7 Å². The minimum atomic E-state index is -1.24. The van der Waals surface area contributed by atoms with E-state index in [1.807, 2.05) is 13.8 Å². The Labute approximate surface area is 172 Å². The van der Waals surface area contributed by atoms with Crippen molar-refractivity contribution in [1.82, 2.24) is 0 Å². The van der Waals surface area contributed by atoms with E-state index in [-0.39, 0.29) is 41.0 Å².